The number of nitrogens with zero attached hydrogens (tertiary/aromatic N) is 2. The van der Waals surface area contributed by atoms with Gasteiger partial charge in [-0.25, -0.2) is 9.07 Å². The molecule has 3 rings (SSSR count). The maximum atomic E-state index is 13.0. The highest BCUT2D eigenvalue weighted by atomic mass is 19.1. The average molecular weight is 245 g/mol. The second-order valence-electron chi connectivity index (χ2n) is 4.60. The third-order valence-corrected chi connectivity index (χ3v) is 3.51. The lowest BCUT2D eigenvalue weighted by molar-refractivity contribution is 0.480. The van der Waals surface area contributed by atoms with Gasteiger partial charge in [0.05, 0.1) is 12.2 Å². The third-order valence-electron chi connectivity index (χ3n) is 3.51. The molecular weight excluding hydrogens is 229 g/mol. The highest BCUT2D eigenvalue weighted by Gasteiger charge is 2.23. The largest absolute Gasteiger partial charge is 0.370 e. The molecule has 2 heterocycles. The fourth-order valence-corrected chi connectivity index (χ4v) is 2.53. The Balaban J connectivity index is 2.00. The number of aromatic nitrogens is 2. The Morgan fingerprint density at radius 2 is 2.17 bits per heavy atom. The van der Waals surface area contributed by atoms with E-state index in [0.717, 1.165) is 30.8 Å². The van der Waals surface area contributed by atoms with Gasteiger partial charge in [0.15, 0.2) is 0 Å². The highest BCUT2D eigenvalue weighted by molar-refractivity contribution is 5.47. The van der Waals surface area contributed by atoms with Crippen LogP contribution in [0.2, 0.25) is 0 Å². The minimum absolute atomic E-state index is 0.192. The minimum atomic E-state index is -0.192. The van der Waals surface area contributed by atoms with Gasteiger partial charge in [-0.05, 0) is 30.5 Å². The second-order valence-corrected chi connectivity index (χ2v) is 4.60. The zero-order valence-electron chi connectivity index (χ0n) is 10.4. The van der Waals surface area contributed by atoms with Crippen molar-refractivity contribution in [1.29, 1.82) is 0 Å². The number of rotatable bonds is 2. The topological polar surface area (TPSA) is 29.9 Å². The summed E-state index contributed by atoms with van der Waals surface area (Å²) < 4.78 is 15.0. The van der Waals surface area contributed by atoms with Gasteiger partial charge in [0, 0.05) is 12.1 Å². The molecule has 0 radical (unpaired) electrons. The Bertz CT molecular complexity index is 545. The van der Waals surface area contributed by atoms with Crippen molar-refractivity contribution in [2.75, 3.05) is 11.9 Å². The molecule has 1 N–H and O–H groups in total. The van der Waals surface area contributed by atoms with E-state index >= 15 is 0 Å². The standard InChI is InChI=1S/C14H16FN3/c1-2-10-9-17-18-13(7-8-16-14(10)18)11-3-5-12(15)6-4-11/h3-6,9,13,16H,2,7-8H2,1H3. The van der Waals surface area contributed by atoms with Gasteiger partial charge < -0.3 is 5.32 Å². The number of fused-ring (bicyclic) bond motifs is 1. The van der Waals surface area contributed by atoms with Gasteiger partial charge in [-0.2, -0.15) is 5.10 Å². The van der Waals surface area contributed by atoms with Crippen LogP contribution in [0, 0.1) is 5.82 Å². The molecule has 1 aliphatic rings. The summed E-state index contributed by atoms with van der Waals surface area (Å²) in [6, 6.07) is 6.94. The summed E-state index contributed by atoms with van der Waals surface area (Å²) in [5, 5.41) is 7.87. The number of benzene rings is 1. The molecule has 0 saturated heterocycles. The quantitative estimate of drug-likeness (QED) is 0.881. The number of nitrogens with one attached hydrogen (secondary N) is 1. The predicted molar refractivity (Wildman–Crippen MR) is 69.3 cm³/mol. The first-order valence-corrected chi connectivity index (χ1v) is 6.35. The number of hydrogen-bond acceptors (Lipinski definition) is 2. The molecule has 3 nitrogen and oxygen atoms in total. The van der Waals surface area contributed by atoms with E-state index in [1.165, 1.54) is 17.7 Å². The molecular formula is C14H16FN3. The Morgan fingerprint density at radius 3 is 2.89 bits per heavy atom. The number of halogens is 1. The molecule has 0 bridgehead atoms. The number of hydrogen-bond donors (Lipinski definition) is 1. The van der Waals surface area contributed by atoms with Crippen molar-refractivity contribution >= 4 is 5.82 Å². The van der Waals surface area contributed by atoms with Crippen molar-refractivity contribution in [2.45, 2.75) is 25.8 Å². The van der Waals surface area contributed by atoms with Gasteiger partial charge in [-0.1, -0.05) is 19.1 Å². The van der Waals surface area contributed by atoms with E-state index in [0.29, 0.717) is 0 Å². The average Bonchev–Trinajstić information content (AvgIpc) is 2.82. The molecule has 0 saturated carbocycles. The summed E-state index contributed by atoms with van der Waals surface area (Å²) in [5.41, 5.74) is 2.35. The lowest BCUT2D eigenvalue weighted by Gasteiger charge is -2.26. The molecule has 0 fully saturated rings. The summed E-state index contributed by atoms with van der Waals surface area (Å²) in [7, 11) is 0. The third kappa shape index (κ3) is 1.78. The van der Waals surface area contributed by atoms with Crippen LogP contribution in [-0.4, -0.2) is 16.3 Å². The van der Waals surface area contributed by atoms with E-state index in [4.69, 9.17) is 0 Å². The van der Waals surface area contributed by atoms with Gasteiger partial charge >= 0.3 is 0 Å². The first kappa shape index (κ1) is 11.3. The summed E-state index contributed by atoms with van der Waals surface area (Å²) in [6.07, 6.45) is 3.87. The minimum Gasteiger partial charge on any atom is -0.370 e. The lowest BCUT2D eigenvalue weighted by atomic mass is 10.0. The first-order chi connectivity index (χ1) is 8.79. The van der Waals surface area contributed by atoms with E-state index < -0.39 is 0 Å². The summed E-state index contributed by atoms with van der Waals surface area (Å²) in [6.45, 7) is 3.06. The van der Waals surface area contributed by atoms with Crippen LogP contribution >= 0.6 is 0 Å². The Labute approximate surface area is 106 Å². The van der Waals surface area contributed by atoms with E-state index in [2.05, 4.69) is 17.3 Å². The van der Waals surface area contributed by atoms with Crippen LogP contribution in [0.5, 0.6) is 0 Å². The van der Waals surface area contributed by atoms with Crippen LogP contribution in [0.1, 0.15) is 30.5 Å². The predicted octanol–water partition coefficient (Wildman–Crippen LogP) is 2.99. The molecule has 4 heteroatoms. The monoisotopic (exact) mass is 245 g/mol. The van der Waals surface area contributed by atoms with Crippen LogP contribution in [0.25, 0.3) is 0 Å². The summed E-state index contributed by atoms with van der Waals surface area (Å²) in [5.74, 6) is 0.917. The maximum Gasteiger partial charge on any atom is 0.128 e. The molecule has 1 aromatic carbocycles. The van der Waals surface area contributed by atoms with Gasteiger partial charge in [0.25, 0.3) is 0 Å². The Hall–Kier alpha value is -1.84. The molecule has 94 valence electrons. The first-order valence-electron chi connectivity index (χ1n) is 6.35. The maximum absolute atomic E-state index is 13.0. The van der Waals surface area contributed by atoms with E-state index in [1.54, 1.807) is 0 Å². The molecule has 1 atom stereocenters. The van der Waals surface area contributed by atoms with Crippen LogP contribution in [0.15, 0.2) is 30.5 Å². The molecule has 1 aliphatic heterocycles. The van der Waals surface area contributed by atoms with Crippen molar-refractivity contribution in [2.24, 2.45) is 0 Å². The number of anilines is 1. The van der Waals surface area contributed by atoms with Crippen molar-refractivity contribution < 1.29 is 4.39 Å². The van der Waals surface area contributed by atoms with Crippen molar-refractivity contribution in [3.63, 3.8) is 0 Å². The van der Waals surface area contributed by atoms with Crippen LogP contribution in [0.4, 0.5) is 10.2 Å². The zero-order valence-corrected chi connectivity index (χ0v) is 10.4. The SMILES string of the molecule is CCc1cnn2c1NCCC2c1ccc(F)cc1. The van der Waals surface area contributed by atoms with E-state index in [1.807, 2.05) is 23.0 Å². The summed E-state index contributed by atoms with van der Waals surface area (Å²) >= 11 is 0. The van der Waals surface area contributed by atoms with Gasteiger partial charge in [0.2, 0.25) is 0 Å². The Kier molecular flexibility index (Phi) is 2.78. The van der Waals surface area contributed by atoms with Crippen LogP contribution in [-0.2, 0) is 6.42 Å². The fraction of sp³-hybridized carbons (Fsp3) is 0.357. The smallest absolute Gasteiger partial charge is 0.128 e. The van der Waals surface area contributed by atoms with E-state index in [9.17, 15) is 4.39 Å². The second kappa shape index (κ2) is 4.44. The fourth-order valence-electron chi connectivity index (χ4n) is 2.53. The Morgan fingerprint density at radius 1 is 1.39 bits per heavy atom. The van der Waals surface area contributed by atoms with Crippen molar-refractivity contribution in [3.05, 3.63) is 47.4 Å². The highest BCUT2D eigenvalue weighted by Crippen LogP contribution is 2.31. The normalized spacial score (nSPS) is 18.2. The molecule has 1 aromatic heterocycles. The van der Waals surface area contributed by atoms with Crippen LogP contribution in [0.3, 0.4) is 0 Å². The van der Waals surface area contributed by atoms with Crippen molar-refractivity contribution in [1.82, 2.24) is 9.78 Å². The molecule has 0 aliphatic carbocycles. The zero-order chi connectivity index (χ0) is 12.5. The molecule has 18 heavy (non-hydrogen) atoms. The molecule has 0 spiro atoms. The lowest BCUT2D eigenvalue weighted by Crippen LogP contribution is -2.24. The van der Waals surface area contributed by atoms with Crippen LogP contribution < -0.4 is 5.32 Å². The summed E-state index contributed by atoms with van der Waals surface area (Å²) in [4.78, 5) is 0. The molecule has 0 amide bonds. The van der Waals surface area contributed by atoms with Gasteiger partial charge in [-0.15, -0.1) is 0 Å². The van der Waals surface area contributed by atoms with E-state index in [-0.39, 0.29) is 11.9 Å². The van der Waals surface area contributed by atoms with Gasteiger partial charge in [-0.3, -0.25) is 0 Å². The molecule has 1 unspecified atom stereocenters. The van der Waals surface area contributed by atoms with Gasteiger partial charge in [0.1, 0.15) is 11.6 Å². The van der Waals surface area contributed by atoms with Crippen molar-refractivity contribution in [3.8, 4) is 0 Å². The number of aryl methyl sites for hydroxylation is 1. The molecule has 2 aromatic rings.